The van der Waals surface area contributed by atoms with E-state index in [0.29, 0.717) is 6.04 Å². The number of carbonyl (C=O) groups is 1. The fourth-order valence-electron chi connectivity index (χ4n) is 4.41. The summed E-state index contributed by atoms with van der Waals surface area (Å²) < 4.78 is 0. The molecule has 6 heteroatoms. The van der Waals surface area contributed by atoms with Crippen molar-refractivity contribution in [1.82, 2.24) is 20.4 Å². The maximum atomic E-state index is 12.3. The summed E-state index contributed by atoms with van der Waals surface area (Å²) in [5, 5.41) is 6.97. The summed E-state index contributed by atoms with van der Waals surface area (Å²) >= 11 is 0. The molecule has 0 aromatic heterocycles. The van der Waals surface area contributed by atoms with Crippen LogP contribution in [0.15, 0.2) is 29.3 Å². The molecule has 2 atom stereocenters. The number of amides is 1. The first-order valence-corrected chi connectivity index (χ1v) is 11.6. The van der Waals surface area contributed by atoms with Gasteiger partial charge in [-0.25, -0.2) is 0 Å². The Kier molecular flexibility index (Phi) is 8.14. The minimum absolute atomic E-state index is 0.0568. The van der Waals surface area contributed by atoms with Crippen LogP contribution in [0.25, 0.3) is 0 Å². The summed E-state index contributed by atoms with van der Waals surface area (Å²) in [5.74, 6) is 1.16. The molecule has 2 N–H and O–H groups in total. The Morgan fingerprint density at radius 1 is 1.17 bits per heavy atom. The maximum absolute atomic E-state index is 12.3. The number of hydrogen-bond acceptors (Lipinski definition) is 3. The first-order chi connectivity index (χ1) is 14.5. The van der Waals surface area contributed by atoms with Gasteiger partial charge in [0.25, 0.3) is 0 Å². The smallest absolute Gasteiger partial charge is 0.225 e. The highest BCUT2D eigenvalue weighted by molar-refractivity contribution is 5.81. The predicted molar refractivity (Wildman–Crippen MR) is 124 cm³/mol. The van der Waals surface area contributed by atoms with Gasteiger partial charge in [-0.2, -0.15) is 0 Å². The first-order valence-electron chi connectivity index (χ1n) is 11.6. The Hall–Kier alpha value is -2.08. The molecule has 0 saturated carbocycles. The average Bonchev–Trinajstić information content (AvgIpc) is 3.41. The third kappa shape index (κ3) is 5.97. The standard InChI is InChI=1S/C24H39N5O/c1-5-25-24(27-21-12-15-29(17-21)23(30)18(2)3)26-16-22(28-13-6-7-14-28)20-10-8-19(4)9-11-20/h8-11,18,21-22H,5-7,12-17H2,1-4H3,(H2,25,26,27). The third-order valence-corrected chi connectivity index (χ3v) is 6.14. The number of benzene rings is 1. The zero-order chi connectivity index (χ0) is 21.5. The van der Waals surface area contributed by atoms with Gasteiger partial charge in [0.05, 0.1) is 12.6 Å². The van der Waals surface area contributed by atoms with E-state index in [9.17, 15) is 4.79 Å². The van der Waals surface area contributed by atoms with Crippen molar-refractivity contribution in [3.8, 4) is 0 Å². The van der Waals surface area contributed by atoms with E-state index in [1.54, 1.807) is 0 Å². The van der Waals surface area contributed by atoms with Crippen molar-refractivity contribution in [1.29, 1.82) is 0 Å². The molecule has 0 aliphatic carbocycles. The normalized spacial score (nSPS) is 21.3. The van der Waals surface area contributed by atoms with Gasteiger partial charge in [-0.05, 0) is 51.8 Å². The molecule has 0 bridgehead atoms. The second-order valence-corrected chi connectivity index (χ2v) is 8.96. The van der Waals surface area contributed by atoms with Gasteiger partial charge in [0.2, 0.25) is 5.91 Å². The van der Waals surface area contributed by atoms with E-state index in [0.717, 1.165) is 51.6 Å². The SMILES string of the molecule is CCNC(=NCC(c1ccc(C)cc1)N1CCCC1)NC1CCN(C(=O)C(C)C)C1. The number of aryl methyl sites for hydroxylation is 1. The highest BCUT2D eigenvalue weighted by Crippen LogP contribution is 2.26. The van der Waals surface area contributed by atoms with Gasteiger partial charge in [0, 0.05) is 31.6 Å². The number of nitrogens with one attached hydrogen (secondary N) is 2. The number of nitrogens with zero attached hydrogens (tertiary/aromatic N) is 3. The lowest BCUT2D eigenvalue weighted by Gasteiger charge is -2.27. The van der Waals surface area contributed by atoms with Crippen LogP contribution < -0.4 is 10.6 Å². The average molecular weight is 414 g/mol. The van der Waals surface area contributed by atoms with Gasteiger partial charge in [-0.1, -0.05) is 43.7 Å². The molecule has 2 saturated heterocycles. The highest BCUT2D eigenvalue weighted by atomic mass is 16.2. The van der Waals surface area contributed by atoms with Gasteiger partial charge >= 0.3 is 0 Å². The van der Waals surface area contributed by atoms with E-state index < -0.39 is 0 Å². The predicted octanol–water partition coefficient (Wildman–Crippen LogP) is 2.94. The minimum Gasteiger partial charge on any atom is -0.357 e. The Bertz CT molecular complexity index is 709. The number of aliphatic imine (C=N–C) groups is 1. The van der Waals surface area contributed by atoms with Crippen LogP contribution in [0.4, 0.5) is 0 Å². The molecule has 2 unspecified atom stereocenters. The van der Waals surface area contributed by atoms with Gasteiger partial charge in [-0.3, -0.25) is 14.7 Å². The lowest BCUT2D eigenvalue weighted by atomic mass is 10.0. The minimum atomic E-state index is 0.0568. The van der Waals surface area contributed by atoms with Crippen molar-refractivity contribution in [2.24, 2.45) is 10.9 Å². The topological polar surface area (TPSA) is 60.0 Å². The fourth-order valence-corrected chi connectivity index (χ4v) is 4.41. The Labute approximate surface area is 182 Å². The molecule has 1 amide bonds. The van der Waals surface area contributed by atoms with Crippen molar-refractivity contribution >= 4 is 11.9 Å². The maximum Gasteiger partial charge on any atom is 0.225 e. The number of rotatable bonds is 7. The van der Waals surface area contributed by atoms with Crippen LogP contribution in [0.1, 0.15) is 57.2 Å². The van der Waals surface area contributed by atoms with E-state index in [4.69, 9.17) is 4.99 Å². The molecule has 2 fully saturated rings. The zero-order valence-corrected chi connectivity index (χ0v) is 19.2. The van der Waals surface area contributed by atoms with Gasteiger partial charge < -0.3 is 15.5 Å². The molecule has 30 heavy (non-hydrogen) atoms. The summed E-state index contributed by atoms with van der Waals surface area (Å²) in [5.41, 5.74) is 2.64. The van der Waals surface area contributed by atoms with Crippen LogP contribution in [0.3, 0.4) is 0 Å². The third-order valence-electron chi connectivity index (χ3n) is 6.14. The van der Waals surface area contributed by atoms with Crippen molar-refractivity contribution in [2.75, 3.05) is 39.3 Å². The number of carbonyl (C=O) groups excluding carboxylic acids is 1. The lowest BCUT2D eigenvalue weighted by Crippen LogP contribution is -2.45. The van der Waals surface area contributed by atoms with Crippen LogP contribution in [0.2, 0.25) is 0 Å². The summed E-state index contributed by atoms with van der Waals surface area (Å²) in [6.07, 6.45) is 3.51. The first kappa shape index (κ1) is 22.6. The molecular formula is C24H39N5O. The van der Waals surface area contributed by atoms with E-state index in [1.165, 1.54) is 24.0 Å². The van der Waals surface area contributed by atoms with E-state index in [1.807, 2.05) is 18.7 Å². The Balaban J connectivity index is 1.67. The molecule has 1 aromatic carbocycles. The van der Waals surface area contributed by atoms with Crippen LogP contribution in [-0.4, -0.2) is 67.0 Å². The van der Waals surface area contributed by atoms with Crippen molar-refractivity contribution in [3.63, 3.8) is 0 Å². The summed E-state index contributed by atoms with van der Waals surface area (Å²) in [6.45, 7) is 13.6. The van der Waals surface area contributed by atoms with Crippen molar-refractivity contribution < 1.29 is 4.79 Å². The summed E-state index contributed by atoms with van der Waals surface area (Å²) in [6, 6.07) is 9.47. The summed E-state index contributed by atoms with van der Waals surface area (Å²) in [4.78, 5) is 21.8. The van der Waals surface area contributed by atoms with Gasteiger partial charge in [0.15, 0.2) is 5.96 Å². The second kappa shape index (κ2) is 10.8. The fraction of sp³-hybridized carbons (Fsp3) is 0.667. The number of likely N-dealkylation sites (tertiary alicyclic amines) is 2. The van der Waals surface area contributed by atoms with E-state index >= 15 is 0 Å². The Morgan fingerprint density at radius 2 is 1.87 bits per heavy atom. The van der Waals surface area contributed by atoms with Crippen LogP contribution >= 0.6 is 0 Å². The molecule has 6 nitrogen and oxygen atoms in total. The van der Waals surface area contributed by atoms with Crippen LogP contribution in [0.5, 0.6) is 0 Å². The molecule has 166 valence electrons. The highest BCUT2D eigenvalue weighted by Gasteiger charge is 2.28. The van der Waals surface area contributed by atoms with Crippen LogP contribution in [-0.2, 0) is 4.79 Å². The molecular weight excluding hydrogens is 374 g/mol. The summed E-state index contributed by atoms with van der Waals surface area (Å²) in [7, 11) is 0. The number of hydrogen-bond donors (Lipinski definition) is 2. The number of guanidine groups is 1. The molecule has 1 aromatic rings. The molecule has 2 aliphatic rings. The monoisotopic (exact) mass is 413 g/mol. The lowest BCUT2D eigenvalue weighted by molar-refractivity contribution is -0.133. The van der Waals surface area contributed by atoms with E-state index in [2.05, 4.69) is 53.6 Å². The van der Waals surface area contributed by atoms with Gasteiger partial charge in [-0.15, -0.1) is 0 Å². The van der Waals surface area contributed by atoms with Crippen molar-refractivity contribution in [3.05, 3.63) is 35.4 Å². The van der Waals surface area contributed by atoms with Crippen LogP contribution in [0, 0.1) is 12.8 Å². The van der Waals surface area contributed by atoms with E-state index in [-0.39, 0.29) is 17.9 Å². The largest absolute Gasteiger partial charge is 0.357 e. The quantitative estimate of drug-likeness (QED) is 0.533. The molecule has 0 radical (unpaired) electrons. The van der Waals surface area contributed by atoms with Gasteiger partial charge in [0.1, 0.15) is 0 Å². The molecule has 0 spiro atoms. The Morgan fingerprint density at radius 3 is 2.50 bits per heavy atom. The molecule has 2 heterocycles. The van der Waals surface area contributed by atoms with Crippen molar-refractivity contribution in [2.45, 2.75) is 59.0 Å². The second-order valence-electron chi connectivity index (χ2n) is 8.96. The molecule has 2 aliphatic heterocycles. The molecule has 3 rings (SSSR count). The zero-order valence-electron chi connectivity index (χ0n) is 19.2.